The van der Waals surface area contributed by atoms with Gasteiger partial charge in [-0.15, -0.1) is 0 Å². The Morgan fingerprint density at radius 1 is 0.889 bits per heavy atom. The minimum absolute atomic E-state index is 0.248. The number of ether oxygens (including phenoxy) is 2. The Hall–Kier alpha value is -2.64. The molecule has 1 unspecified atom stereocenters. The molecular formula is C30H40N2O3S. The number of nitrogens with two attached hydrogens (primary N) is 1. The van der Waals surface area contributed by atoms with E-state index >= 15 is 0 Å². The highest BCUT2D eigenvalue weighted by Gasteiger charge is 2.22. The van der Waals surface area contributed by atoms with Crippen LogP contribution in [0.15, 0.2) is 83.8 Å². The van der Waals surface area contributed by atoms with Gasteiger partial charge < -0.3 is 20.3 Å². The van der Waals surface area contributed by atoms with Crippen molar-refractivity contribution in [1.82, 2.24) is 4.31 Å². The van der Waals surface area contributed by atoms with Crippen LogP contribution in [0.5, 0.6) is 11.5 Å². The molecule has 3 atom stereocenters. The maximum Gasteiger partial charge on any atom is 0.119 e. The van der Waals surface area contributed by atoms with Crippen LogP contribution in [0.2, 0.25) is 0 Å². The van der Waals surface area contributed by atoms with Crippen molar-refractivity contribution in [2.45, 2.75) is 50.8 Å². The quantitative estimate of drug-likeness (QED) is 0.297. The molecule has 3 N–H and O–H groups in total. The largest absolute Gasteiger partial charge is 0.497 e. The van der Waals surface area contributed by atoms with Crippen molar-refractivity contribution in [1.29, 1.82) is 0 Å². The topological polar surface area (TPSA) is 68.0 Å². The van der Waals surface area contributed by atoms with Crippen molar-refractivity contribution in [3.05, 3.63) is 90.0 Å². The third kappa shape index (κ3) is 8.49. The minimum atomic E-state index is -0.647. The highest BCUT2D eigenvalue weighted by atomic mass is 32.2. The molecule has 0 amide bonds. The molecule has 0 aliphatic rings. The summed E-state index contributed by atoms with van der Waals surface area (Å²) in [5, 5.41) is 13.3. The van der Waals surface area contributed by atoms with E-state index in [0.717, 1.165) is 29.2 Å². The van der Waals surface area contributed by atoms with Gasteiger partial charge in [-0.3, -0.25) is 0 Å². The number of nitrogens with zero attached hydrogens (tertiary/aromatic N) is 1. The SMILES string of the molecule is C/C=S(\c1ccc(OC)cc1)N(CC(C)C)C[C@@H](O)[C@@H](N)Cc1ccc(OCc2ccccc2)cc1. The molecular weight excluding hydrogens is 468 g/mol. The molecule has 0 aliphatic carbocycles. The van der Waals surface area contributed by atoms with Crippen molar-refractivity contribution in [2.24, 2.45) is 11.7 Å². The first kappa shape index (κ1) is 27.9. The molecule has 0 fully saturated rings. The number of methoxy groups -OCH3 is 1. The molecule has 0 saturated heterocycles. The zero-order chi connectivity index (χ0) is 25.9. The number of benzene rings is 3. The Kier molecular flexibility index (Phi) is 11.0. The van der Waals surface area contributed by atoms with Crippen molar-refractivity contribution < 1.29 is 14.6 Å². The molecule has 0 radical (unpaired) electrons. The van der Waals surface area contributed by atoms with Gasteiger partial charge in [-0.1, -0.05) is 67.0 Å². The lowest BCUT2D eigenvalue weighted by Crippen LogP contribution is -2.44. The summed E-state index contributed by atoms with van der Waals surface area (Å²) in [6.45, 7) is 8.40. The molecule has 0 bridgehead atoms. The number of hydrogen-bond donors (Lipinski definition) is 2. The molecule has 0 saturated carbocycles. The maximum absolute atomic E-state index is 11.1. The van der Waals surface area contributed by atoms with E-state index in [2.05, 4.69) is 42.6 Å². The van der Waals surface area contributed by atoms with Crippen LogP contribution in [0.1, 0.15) is 31.9 Å². The molecule has 0 spiro atoms. The number of rotatable bonds is 13. The van der Waals surface area contributed by atoms with E-state index in [1.165, 1.54) is 4.90 Å². The molecule has 3 rings (SSSR count). The van der Waals surface area contributed by atoms with Crippen LogP contribution in [0.25, 0.3) is 0 Å². The molecule has 3 aromatic rings. The first-order valence-corrected chi connectivity index (χ1v) is 13.7. The predicted molar refractivity (Wildman–Crippen MR) is 152 cm³/mol. The van der Waals surface area contributed by atoms with Crippen molar-refractivity contribution >= 4 is 16.0 Å². The van der Waals surface area contributed by atoms with Crippen molar-refractivity contribution in [2.75, 3.05) is 20.2 Å². The summed E-state index contributed by atoms with van der Waals surface area (Å²) in [6.07, 6.45) is -0.0483. The Balaban J connectivity index is 1.61. The molecule has 194 valence electrons. The fraction of sp³-hybridized carbons (Fsp3) is 0.367. The standard InChI is InChI=1S/C30H40N2O3S/c1-5-36(28-17-15-26(34-4)16-18-28)32(20-23(2)3)21-30(33)29(31)19-24-11-13-27(14-12-24)35-22-25-9-7-6-8-10-25/h5-18,23,29-30,33H,19-22,31H2,1-4H3/t29-,30+,36?/m0/s1. The van der Waals surface area contributed by atoms with Gasteiger partial charge in [0.05, 0.1) is 13.2 Å². The summed E-state index contributed by atoms with van der Waals surface area (Å²) < 4.78 is 13.5. The number of aliphatic hydroxyl groups excluding tert-OH is 1. The third-order valence-electron chi connectivity index (χ3n) is 5.90. The molecule has 5 nitrogen and oxygen atoms in total. The molecule has 3 aromatic carbocycles. The van der Waals surface area contributed by atoms with Crippen molar-refractivity contribution in [3.63, 3.8) is 0 Å². The van der Waals surface area contributed by atoms with E-state index in [1.807, 2.05) is 66.7 Å². The van der Waals surface area contributed by atoms with Gasteiger partial charge in [-0.05, 0) is 72.2 Å². The zero-order valence-corrected chi connectivity index (χ0v) is 22.7. The maximum atomic E-state index is 11.1. The molecule has 0 heterocycles. The van der Waals surface area contributed by atoms with Crippen LogP contribution >= 0.6 is 10.7 Å². The highest BCUT2D eigenvalue weighted by Crippen LogP contribution is 2.33. The van der Waals surface area contributed by atoms with Crippen LogP contribution in [0, 0.1) is 5.92 Å². The van der Waals surface area contributed by atoms with E-state index in [4.69, 9.17) is 15.2 Å². The second-order valence-electron chi connectivity index (χ2n) is 9.32. The minimum Gasteiger partial charge on any atom is -0.497 e. The van der Waals surface area contributed by atoms with Gasteiger partial charge in [0.2, 0.25) is 0 Å². The summed E-state index contributed by atoms with van der Waals surface area (Å²) in [6, 6.07) is 25.9. The van der Waals surface area contributed by atoms with Crippen molar-refractivity contribution in [3.8, 4) is 11.5 Å². The lowest BCUT2D eigenvalue weighted by Gasteiger charge is -2.32. The first-order valence-electron chi connectivity index (χ1n) is 12.5. The number of hydrogen-bond acceptors (Lipinski definition) is 5. The average molecular weight is 509 g/mol. The second-order valence-corrected chi connectivity index (χ2v) is 11.4. The summed E-state index contributed by atoms with van der Waals surface area (Å²) in [5.41, 5.74) is 8.71. The monoisotopic (exact) mass is 508 g/mol. The van der Waals surface area contributed by atoms with Gasteiger partial charge in [0, 0.05) is 24.0 Å². The fourth-order valence-corrected chi connectivity index (χ4v) is 6.06. The van der Waals surface area contributed by atoms with Crippen LogP contribution in [0.4, 0.5) is 0 Å². The second kappa shape index (κ2) is 14.2. The first-order chi connectivity index (χ1) is 17.4. The van der Waals surface area contributed by atoms with Gasteiger partial charge in [-0.25, -0.2) is 4.31 Å². The molecule has 36 heavy (non-hydrogen) atoms. The Bertz CT molecular complexity index is 1070. The van der Waals surface area contributed by atoms with Crippen LogP contribution in [0.3, 0.4) is 0 Å². The Labute approximate surface area is 218 Å². The fourth-order valence-electron chi connectivity index (χ4n) is 4.01. The van der Waals surface area contributed by atoms with E-state index < -0.39 is 6.10 Å². The van der Waals surface area contributed by atoms with Gasteiger partial charge in [-0.2, -0.15) is 0 Å². The highest BCUT2D eigenvalue weighted by molar-refractivity contribution is 8.13. The van der Waals surface area contributed by atoms with Gasteiger partial charge in [0.15, 0.2) is 0 Å². The lowest BCUT2D eigenvalue weighted by atomic mass is 10.0. The van der Waals surface area contributed by atoms with Crippen LogP contribution in [-0.4, -0.2) is 47.1 Å². The molecule has 6 heteroatoms. The van der Waals surface area contributed by atoms with Crippen LogP contribution in [-0.2, 0) is 13.0 Å². The Morgan fingerprint density at radius 2 is 1.53 bits per heavy atom. The van der Waals surface area contributed by atoms with Gasteiger partial charge in [0.25, 0.3) is 0 Å². The van der Waals surface area contributed by atoms with E-state index in [-0.39, 0.29) is 16.7 Å². The Morgan fingerprint density at radius 3 is 2.11 bits per heavy atom. The van der Waals surface area contributed by atoms with Gasteiger partial charge >= 0.3 is 0 Å². The van der Waals surface area contributed by atoms with E-state index in [0.29, 0.717) is 25.5 Å². The summed E-state index contributed by atoms with van der Waals surface area (Å²) in [5.74, 6) is 2.12. The third-order valence-corrected chi connectivity index (χ3v) is 7.96. The normalized spacial score (nSPS) is 14.1. The van der Waals surface area contributed by atoms with E-state index in [9.17, 15) is 5.11 Å². The zero-order valence-electron chi connectivity index (χ0n) is 21.8. The molecule has 0 aromatic heterocycles. The molecule has 0 aliphatic heterocycles. The summed E-state index contributed by atoms with van der Waals surface area (Å²) in [7, 11) is 1.43. The predicted octanol–water partition coefficient (Wildman–Crippen LogP) is 5.53. The van der Waals surface area contributed by atoms with E-state index in [1.54, 1.807) is 7.11 Å². The summed E-state index contributed by atoms with van der Waals surface area (Å²) >= 11 is 0. The average Bonchev–Trinajstić information content (AvgIpc) is 2.89. The number of aliphatic hydroxyl groups is 1. The summed E-state index contributed by atoms with van der Waals surface area (Å²) in [4.78, 5) is 1.20. The van der Waals surface area contributed by atoms with Gasteiger partial charge in [0.1, 0.15) is 18.1 Å². The smallest absolute Gasteiger partial charge is 0.119 e. The van der Waals surface area contributed by atoms with Crippen LogP contribution < -0.4 is 15.2 Å². The lowest BCUT2D eigenvalue weighted by molar-refractivity contribution is 0.119.